The van der Waals surface area contributed by atoms with Gasteiger partial charge in [-0.3, -0.25) is 4.99 Å². The molecule has 6 aromatic carbocycles. The van der Waals surface area contributed by atoms with Crippen LogP contribution in [0.15, 0.2) is 138 Å². The minimum Gasteiger partial charge on any atom is -0.261 e. The molecule has 0 aromatic heterocycles. The van der Waals surface area contributed by atoms with E-state index in [0.717, 1.165) is 18.5 Å². The summed E-state index contributed by atoms with van der Waals surface area (Å²) in [6.45, 7) is 0. The van der Waals surface area contributed by atoms with E-state index in [4.69, 9.17) is 0 Å². The second-order valence-corrected chi connectivity index (χ2v) is 11.4. The summed E-state index contributed by atoms with van der Waals surface area (Å²) in [5, 5.41) is 2.67. The fourth-order valence-corrected chi connectivity index (χ4v) is 7.65. The summed E-state index contributed by atoms with van der Waals surface area (Å²) in [4.78, 5) is 4.61. The molecule has 1 heteroatoms. The third-order valence-corrected chi connectivity index (χ3v) is 9.35. The van der Waals surface area contributed by atoms with Crippen molar-refractivity contribution in [1.29, 1.82) is 0 Å². The van der Waals surface area contributed by atoms with Crippen LogP contribution in [0.4, 0.5) is 0 Å². The molecule has 0 saturated heterocycles. The van der Waals surface area contributed by atoms with E-state index in [-0.39, 0.29) is 5.41 Å². The van der Waals surface area contributed by atoms with E-state index < -0.39 is 0 Å². The van der Waals surface area contributed by atoms with Gasteiger partial charge in [0.25, 0.3) is 0 Å². The molecule has 0 radical (unpaired) electrons. The number of nitrogens with zero attached hydrogens (tertiary/aromatic N) is 1. The second-order valence-electron chi connectivity index (χ2n) is 11.4. The molecular weight excluding hydrogens is 494 g/mol. The first kappa shape index (κ1) is 22.8. The van der Waals surface area contributed by atoms with Crippen LogP contribution < -0.4 is 0 Å². The fourth-order valence-electron chi connectivity index (χ4n) is 7.65. The number of rotatable bonds is 2. The fraction of sp³-hybridized carbons (Fsp3) is 0.0750. The van der Waals surface area contributed by atoms with E-state index in [1.54, 1.807) is 0 Å². The number of hydrogen-bond acceptors (Lipinski definition) is 1. The average Bonchev–Trinajstić information content (AvgIpc) is 3.34. The molecule has 0 N–H and O–H groups in total. The van der Waals surface area contributed by atoms with Gasteiger partial charge < -0.3 is 0 Å². The minimum atomic E-state index is -0.357. The monoisotopic (exact) mass is 521 g/mol. The van der Waals surface area contributed by atoms with Crippen LogP contribution in [0.3, 0.4) is 0 Å². The molecule has 2 aliphatic carbocycles. The number of allylic oxidation sites excluding steroid dienone is 1. The Kier molecular flexibility index (Phi) is 4.72. The zero-order valence-corrected chi connectivity index (χ0v) is 22.6. The lowest BCUT2D eigenvalue weighted by Gasteiger charge is -2.40. The van der Waals surface area contributed by atoms with Crippen LogP contribution in [0.2, 0.25) is 0 Å². The summed E-state index contributed by atoms with van der Waals surface area (Å²) in [5.41, 5.74) is 15.2. The molecule has 1 nitrogen and oxygen atoms in total. The first-order chi connectivity index (χ1) is 20.3. The molecule has 41 heavy (non-hydrogen) atoms. The Morgan fingerprint density at radius 2 is 1.07 bits per heavy atom. The van der Waals surface area contributed by atoms with Crippen molar-refractivity contribution in [2.24, 2.45) is 4.99 Å². The molecule has 0 fully saturated rings. The molecule has 1 aliphatic heterocycles. The highest BCUT2D eigenvalue weighted by molar-refractivity contribution is 6.07. The van der Waals surface area contributed by atoms with Crippen molar-refractivity contribution in [2.45, 2.75) is 18.3 Å². The van der Waals surface area contributed by atoms with Gasteiger partial charge in [-0.15, -0.1) is 0 Å². The Morgan fingerprint density at radius 1 is 0.463 bits per heavy atom. The molecule has 1 atom stereocenters. The van der Waals surface area contributed by atoms with E-state index in [1.165, 1.54) is 72.0 Å². The van der Waals surface area contributed by atoms with Crippen LogP contribution in [0, 0.1) is 0 Å². The Balaban J connectivity index is 1.30. The van der Waals surface area contributed by atoms with Crippen LogP contribution in [0.25, 0.3) is 49.9 Å². The largest absolute Gasteiger partial charge is 0.261 e. The summed E-state index contributed by atoms with van der Waals surface area (Å²) in [6.07, 6.45) is 6.36. The molecule has 9 rings (SSSR count). The molecule has 0 saturated carbocycles. The predicted molar refractivity (Wildman–Crippen MR) is 171 cm³/mol. The van der Waals surface area contributed by atoms with Crippen molar-refractivity contribution in [1.82, 2.24) is 0 Å². The molecule has 3 aliphatic rings. The third kappa shape index (κ3) is 3.04. The van der Waals surface area contributed by atoms with Gasteiger partial charge in [0.15, 0.2) is 0 Å². The van der Waals surface area contributed by atoms with E-state index >= 15 is 0 Å². The smallest absolute Gasteiger partial charge is 0.0725 e. The number of hydrogen-bond donors (Lipinski definition) is 0. The molecule has 0 amide bonds. The summed E-state index contributed by atoms with van der Waals surface area (Å²) >= 11 is 0. The third-order valence-electron chi connectivity index (χ3n) is 9.35. The van der Waals surface area contributed by atoms with Gasteiger partial charge in [-0.25, -0.2) is 0 Å². The van der Waals surface area contributed by atoms with Crippen molar-refractivity contribution < 1.29 is 0 Å². The lowest BCUT2D eigenvalue weighted by Crippen LogP contribution is -2.31. The van der Waals surface area contributed by atoms with Crippen LogP contribution in [-0.2, 0) is 5.41 Å². The minimum absolute atomic E-state index is 0.357. The molecular formula is C40H27N. The SMILES string of the molecule is C1=NC(c2ccc(-c3ccc4c(c3)-c3ccccc3C43c4ccccc4-c4cccc5cccc3c45)cc2)=CCC1. The Bertz CT molecular complexity index is 2090. The second kappa shape index (κ2) is 8.49. The molecule has 192 valence electrons. The van der Waals surface area contributed by atoms with Crippen molar-refractivity contribution >= 4 is 22.7 Å². The highest BCUT2D eigenvalue weighted by Gasteiger charge is 2.49. The molecule has 1 spiro atoms. The molecule has 1 heterocycles. The first-order valence-corrected chi connectivity index (χ1v) is 14.5. The summed E-state index contributed by atoms with van der Waals surface area (Å²) in [6, 6.07) is 47.7. The van der Waals surface area contributed by atoms with Gasteiger partial charge in [-0.05, 0) is 90.9 Å². The normalized spacial score (nSPS) is 17.7. The van der Waals surface area contributed by atoms with E-state index in [2.05, 4.69) is 138 Å². The van der Waals surface area contributed by atoms with Gasteiger partial charge in [-0.1, -0.05) is 127 Å². The predicted octanol–water partition coefficient (Wildman–Crippen LogP) is 10.1. The van der Waals surface area contributed by atoms with E-state index in [9.17, 15) is 0 Å². The van der Waals surface area contributed by atoms with Gasteiger partial charge in [0, 0.05) is 6.21 Å². The van der Waals surface area contributed by atoms with Gasteiger partial charge in [0.1, 0.15) is 0 Å². The topological polar surface area (TPSA) is 12.4 Å². The first-order valence-electron chi connectivity index (χ1n) is 14.5. The van der Waals surface area contributed by atoms with Gasteiger partial charge in [0.2, 0.25) is 0 Å². The van der Waals surface area contributed by atoms with Crippen molar-refractivity contribution in [3.05, 3.63) is 161 Å². The van der Waals surface area contributed by atoms with E-state index in [1.807, 2.05) is 6.21 Å². The highest BCUT2D eigenvalue weighted by Crippen LogP contribution is 2.61. The maximum atomic E-state index is 4.61. The van der Waals surface area contributed by atoms with Crippen LogP contribution >= 0.6 is 0 Å². The summed E-state index contributed by atoms with van der Waals surface area (Å²) in [5.74, 6) is 0. The Morgan fingerprint density at radius 3 is 1.83 bits per heavy atom. The lowest BCUT2D eigenvalue weighted by atomic mass is 9.61. The van der Waals surface area contributed by atoms with Crippen molar-refractivity contribution in [2.75, 3.05) is 0 Å². The number of aliphatic imine (C=N–C) groups is 1. The summed E-state index contributed by atoms with van der Waals surface area (Å²) < 4.78 is 0. The van der Waals surface area contributed by atoms with Gasteiger partial charge in [-0.2, -0.15) is 0 Å². The van der Waals surface area contributed by atoms with Crippen molar-refractivity contribution in [3.8, 4) is 33.4 Å². The zero-order valence-electron chi connectivity index (χ0n) is 22.6. The van der Waals surface area contributed by atoms with Crippen LogP contribution in [0.5, 0.6) is 0 Å². The molecule has 0 bridgehead atoms. The molecule has 1 unspecified atom stereocenters. The van der Waals surface area contributed by atoms with E-state index in [0.29, 0.717) is 0 Å². The molecule has 6 aromatic rings. The quantitative estimate of drug-likeness (QED) is 0.215. The number of benzene rings is 6. The standard InChI is InChI=1S/C40H27N/c1-3-14-34-30(11-1)32-13-7-9-28-10-8-16-37(39(28)32)40(34)35-15-4-2-12-31(35)33-25-29(22-23-36(33)40)26-18-20-27(21-19-26)38-17-5-6-24-41-38/h1-4,7-25H,5-6H2. The highest BCUT2D eigenvalue weighted by atomic mass is 14.7. The van der Waals surface area contributed by atoms with Crippen LogP contribution in [-0.4, -0.2) is 6.21 Å². The summed E-state index contributed by atoms with van der Waals surface area (Å²) in [7, 11) is 0. The lowest BCUT2D eigenvalue weighted by molar-refractivity contribution is 0.773. The van der Waals surface area contributed by atoms with Gasteiger partial charge in [0.05, 0.1) is 11.1 Å². The maximum absolute atomic E-state index is 4.61. The van der Waals surface area contributed by atoms with Gasteiger partial charge >= 0.3 is 0 Å². The van der Waals surface area contributed by atoms with Crippen molar-refractivity contribution in [3.63, 3.8) is 0 Å². The van der Waals surface area contributed by atoms with Crippen LogP contribution in [0.1, 0.15) is 40.7 Å². The maximum Gasteiger partial charge on any atom is 0.0725 e. The number of fused-ring (bicyclic) bond motifs is 9. The average molecular weight is 522 g/mol. The Labute approximate surface area is 240 Å². The zero-order chi connectivity index (χ0) is 27.0. The Hall–Kier alpha value is -5.01.